The van der Waals surface area contributed by atoms with Gasteiger partial charge < -0.3 is 4.90 Å². The number of carbonyl (C=O) groups excluding carboxylic acids is 1. The smallest absolute Gasteiger partial charge is 0.329 e. The number of hydrogen-bond donors (Lipinski definition) is 0. The highest BCUT2D eigenvalue weighted by Crippen LogP contribution is 2.47. The number of amides is 1. The molecule has 9 heteroatoms. The van der Waals surface area contributed by atoms with E-state index in [4.69, 9.17) is 0 Å². The van der Waals surface area contributed by atoms with Crippen molar-refractivity contribution in [3.05, 3.63) is 71.8 Å². The van der Waals surface area contributed by atoms with Crippen LogP contribution in [0.3, 0.4) is 0 Å². The minimum absolute atomic E-state index is 0.282. The summed E-state index contributed by atoms with van der Waals surface area (Å²) in [7, 11) is 0. The lowest BCUT2D eigenvalue weighted by atomic mass is 10.1. The Kier molecular flexibility index (Phi) is 5.82. The van der Waals surface area contributed by atoms with Gasteiger partial charge in [0, 0.05) is 13.1 Å². The first kappa shape index (κ1) is 20.7. The Balaban J connectivity index is 2.37. The standard InChI is InChI=1S/C18H14F7NO/c19-16(20,17(21,22)18(23,24)25)15(27)26(11-13-7-3-1-4-8-13)12-14-9-5-2-6-10-14/h1-10H,11-12H2. The number of carbonyl (C=O) groups is 1. The number of alkyl halides is 7. The molecular weight excluding hydrogens is 379 g/mol. The third kappa shape index (κ3) is 4.40. The fourth-order valence-electron chi connectivity index (χ4n) is 2.32. The zero-order valence-electron chi connectivity index (χ0n) is 13.7. The Morgan fingerprint density at radius 1 is 0.704 bits per heavy atom. The van der Waals surface area contributed by atoms with E-state index in [1.165, 1.54) is 48.5 Å². The molecule has 2 rings (SSSR count). The van der Waals surface area contributed by atoms with Crippen LogP contribution in [0.15, 0.2) is 60.7 Å². The highest BCUT2D eigenvalue weighted by atomic mass is 19.4. The predicted octanol–water partition coefficient (Wildman–Crippen LogP) is 5.05. The van der Waals surface area contributed by atoms with Crippen LogP contribution in [0.25, 0.3) is 0 Å². The lowest BCUT2D eigenvalue weighted by Crippen LogP contribution is -2.59. The maximum atomic E-state index is 13.9. The number of benzene rings is 2. The first-order valence-electron chi connectivity index (χ1n) is 7.66. The summed E-state index contributed by atoms with van der Waals surface area (Å²) >= 11 is 0. The number of halogens is 7. The molecule has 0 aliphatic rings. The van der Waals surface area contributed by atoms with Gasteiger partial charge >= 0.3 is 23.9 Å². The molecule has 146 valence electrons. The van der Waals surface area contributed by atoms with Crippen molar-refractivity contribution in [2.24, 2.45) is 0 Å². The number of nitrogens with zero attached hydrogens (tertiary/aromatic N) is 1. The van der Waals surface area contributed by atoms with E-state index in [-0.39, 0.29) is 4.90 Å². The summed E-state index contributed by atoms with van der Waals surface area (Å²) in [5, 5.41) is 0. The molecule has 2 aromatic carbocycles. The molecule has 0 fully saturated rings. The highest BCUT2D eigenvalue weighted by Gasteiger charge is 2.76. The van der Waals surface area contributed by atoms with Crippen LogP contribution in [0.1, 0.15) is 11.1 Å². The molecule has 0 heterocycles. The molecule has 0 unspecified atom stereocenters. The van der Waals surface area contributed by atoms with Crippen LogP contribution in [-0.2, 0) is 17.9 Å². The van der Waals surface area contributed by atoms with Crippen LogP contribution in [0.4, 0.5) is 30.7 Å². The summed E-state index contributed by atoms with van der Waals surface area (Å²) in [6, 6.07) is 15.0. The summed E-state index contributed by atoms with van der Waals surface area (Å²) in [6.07, 6.45) is -6.57. The average molecular weight is 393 g/mol. The summed E-state index contributed by atoms with van der Waals surface area (Å²) in [5.74, 6) is -15.0. The van der Waals surface area contributed by atoms with Crippen molar-refractivity contribution in [1.29, 1.82) is 0 Å². The van der Waals surface area contributed by atoms with Crippen molar-refractivity contribution in [1.82, 2.24) is 4.90 Å². The number of rotatable bonds is 6. The highest BCUT2D eigenvalue weighted by molar-refractivity contribution is 5.85. The van der Waals surface area contributed by atoms with Crippen molar-refractivity contribution in [2.45, 2.75) is 31.1 Å². The van der Waals surface area contributed by atoms with E-state index in [0.29, 0.717) is 11.1 Å². The number of hydrogen-bond acceptors (Lipinski definition) is 1. The molecule has 2 aromatic rings. The maximum Gasteiger partial charge on any atom is 0.460 e. The minimum atomic E-state index is -6.57. The van der Waals surface area contributed by atoms with Gasteiger partial charge in [-0.1, -0.05) is 60.7 Å². The van der Waals surface area contributed by atoms with Crippen LogP contribution >= 0.6 is 0 Å². The molecule has 0 aliphatic carbocycles. The molecule has 0 radical (unpaired) electrons. The van der Waals surface area contributed by atoms with E-state index in [2.05, 4.69) is 0 Å². The van der Waals surface area contributed by atoms with Gasteiger partial charge in [-0.2, -0.15) is 30.7 Å². The van der Waals surface area contributed by atoms with E-state index in [9.17, 15) is 35.5 Å². The molecule has 0 N–H and O–H groups in total. The molecule has 2 nitrogen and oxygen atoms in total. The van der Waals surface area contributed by atoms with Gasteiger partial charge in [-0.3, -0.25) is 4.79 Å². The van der Waals surface area contributed by atoms with E-state index in [1.54, 1.807) is 12.1 Å². The van der Waals surface area contributed by atoms with Crippen molar-refractivity contribution in [3.63, 3.8) is 0 Å². The molecule has 27 heavy (non-hydrogen) atoms. The van der Waals surface area contributed by atoms with Gasteiger partial charge in [-0.15, -0.1) is 0 Å². The van der Waals surface area contributed by atoms with Gasteiger partial charge in [-0.25, -0.2) is 0 Å². The van der Waals surface area contributed by atoms with Gasteiger partial charge in [0.1, 0.15) is 0 Å². The quantitative estimate of drug-likeness (QED) is 0.629. The summed E-state index contributed by atoms with van der Waals surface area (Å²) < 4.78 is 91.5. The Hall–Kier alpha value is -2.58. The van der Waals surface area contributed by atoms with E-state index >= 15 is 0 Å². The first-order chi connectivity index (χ1) is 12.5. The zero-order chi connectivity index (χ0) is 20.3. The summed E-state index contributed by atoms with van der Waals surface area (Å²) in [4.78, 5) is 12.3. The third-order valence-electron chi connectivity index (χ3n) is 3.74. The monoisotopic (exact) mass is 393 g/mol. The Morgan fingerprint density at radius 2 is 1.07 bits per heavy atom. The largest absolute Gasteiger partial charge is 0.460 e. The molecule has 0 spiro atoms. The van der Waals surface area contributed by atoms with Crippen molar-refractivity contribution < 1.29 is 35.5 Å². The zero-order valence-corrected chi connectivity index (χ0v) is 13.7. The summed E-state index contributed by atoms with van der Waals surface area (Å²) in [5.41, 5.74) is 0.598. The van der Waals surface area contributed by atoms with Gasteiger partial charge in [0.25, 0.3) is 0 Å². The second-order valence-corrected chi connectivity index (χ2v) is 5.78. The lowest BCUT2D eigenvalue weighted by Gasteiger charge is -2.32. The Morgan fingerprint density at radius 3 is 1.41 bits per heavy atom. The van der Waals surface area contributed by atoms with Crippen LogP contribution in [0.5, 0.6) is 0 Å². The second kappa shape index (κ2) is 7.58. The fourth-order valence-corrected chi connectivity index (χ4v) is 2.32. The first-order valence-corrected chi connectivity index (χ1v) is 7.66. The van der Waals surface area contributed by atoms with Crippen molar-refractivity contribution in [3.8, 4) is 0 Å². The van der Waals surface area contributed by atoms with Gasteiger partial charge in [0.2, 0.25) is 0 Å². The summed E-state index contributed by atoms with van der Waals surface area (Å²) in [6.45, 7) is -1.11. The Bertz CT molecular complexity index is 719. The molecule has 0 atom stereocenters. The van der Waals surface area contributed by atoms with E-state index in [1.807, 2.05) is 0 Å². The van der Waals surface area contributed by atoms with Crippen LogP contribution in [0.2, 0.25) is 0 Å². The van der Waals surface area contributed by atoms with Gasteiger partial charge in [0.15, 0.2) is 0 Å². The fraction of sp³-hybridized carbons (Fsp3) is 0.278. The predicted molar refractivity (Wildman–Crippen MR) is 83.1 cm³/mol. The van der Waals surface area contributed by atoms with E-state index in [0.717, 1.165) is 0 Å². The maximum absolute atomic E-state index is 13.9. The Labute approximate surface area is 150 Å². The molecule has 0 saturated heterocycles. The van der Waals surface area contributed by atoms with Crippen molar-refractivity contribution in [2.75, 3.05) is 0 Å². The molecule has 1 amide bonds. The van der Waals surface area contributed by atoms with Crippen LogP contribution in [-0.4, -0.2) is 28.8 Å². The second-order valence-electron chi connectivity index (χ2n) is 5.78. The van der Waals surface area contributed by atoms with Gasteiger partial charge in [0.05, 0.1) is 0 Å². The molecule has 0 aromatic heterocycles. The van der Waals surface area contributed by atoms with Gasteiger partial charge in [-0.05, 0) is 11.1 Å². The van der Waals surface area contributed by atoms with Crippen LogP contribution in [0, 0.1) is 0 Å². The van der Waals surface area contributed by atoms with Crippen LogP contribution < -0.4 is 0 Å². The molecule has 0 bridgehead atoms. The molecular formula is C18H14F7NO. The topological polar surface area (TPSA) is 20.3 Å². The van der Waals surface area contributed by atoms with Crippen molar-refractivity contribution >= 4 is 5.91 Å². The molecule has 0 saturated carbocycles. The normalized spacial score (nSPS) is 12.7. The third-order valence-corrected chi connectivity index (χ3v) is 3.74. The molecule has 0 aliphatic heterocycles. The SMILES string of the molecule is O=C(N(Cc1ccccc1)Cc1ccccc1)C(F)(F)C(F)(F)C(F)(F)F. The average Bonchev–Trinajstić information content (AvgIpc) is 2.61. The minimum Gasteiger partial charge on any atom is -0.329 e. The van der Waals surface area contributed by atoms with E-state index < -0.39 is 37.0 Å². The lowest BCUT2D eigenvalue weighted by molar-refractivity contribution is -0.346.